The molecular weight excluding hydrogens is 457 g/mol. The normalized spacial score (nSPS) is 12.2. The molecule has 1 N–H and O–H groups in total. The highest BCUT2D eigenvalue weighted by Crippen LogP contribution is 2.21. The second kappa shape index (κ2) is 11.3. The number of benzene rings is 2. The molecule has 174 valence electrons. The van der Waals surface area contributed by atoms with Crippen molar-refractivity contribution >= 4 is 39.1 Å². The third kappa shape index (κ3) is 6.93. The van der Waals surface area contributed by atoms with E-state index < -0.39 is 21.9 Å². The molecule has 0 heterocycles. The summed E-state index contributed by atoms with van der Waals surface area (Å²) in [5.41, 5.74) is 0.724. The number of nitrogens with one attached hydrogen (secondary N) is 1. The molecule has 10 heteroatoms. The SMILES string of the molecule is CNC(=O)[C@H](C)N(Cc1ccccc1F)C(=O)CCCN(c1ccc(Cl)cc1)S(C)(=O)=O. The van der Waals surface area contributed by atoms with Gasteiger partial charge in [0.05, 0.1) is 11.9 Å². The fourth-order valence-corrected chi connectivity index (χ4v) is 4.30. The van der Waals surface area contributed by atoms with Gasteiger partial charge in [-0.1, -0.05) is 29.8 Å². The summed E-state index contributed by atoms with van der Waals surface area (Å²) < 4.78 is 39.8. The van der Waals surface area contributed by atoms with Crippen molar-refractivity contribution in [3.05, 3.63) is 64.9 Å². The zero-order valence-electron chi connectivity index (χ0n) is 18.2. The van der Waals surface area contributed by atoms with Crippen LogP contribution in [0.25, 0.3) is 0 Å². The molecule has 0 saturated heterocycles. The Bertz CT molecular complexity index is 1050. The summed E-state index contributed by atoms with van der Waals surface area (Å²) in [6.45, 7) is 1.55. The van der Waals surface area contributed by atoms with E-state index >= 15 is 0 Å². The number of amides is 2. The van der Waals surface area contributed by atoms with E-state index in [4.69, 9.17) is 11.6 Å². The van der Waals surface area contributed by atoms with Gasteiger partial charge in [-0.15, -0.1) is 0 Å². The highest BCUT2D eigenvalue weighted by atomic mass is 35.5. The first-order chi connectivity index (χ1) is 15.0. The molecule has 0 aliphatic heterocycles. The molecule has 2 aromatic rings. The Morgan fingerprint density at radius 1 is 1.12 bits per heavy atom. The highest BCUT2D eigenvalue weighted by Gasteiger charge is 2.26. The molecule has 2 amide bonds. The molecule has 32 heavy (non-hydrogen) atoms. The van der Waals surface area contributed by atoms with Gasteiger partial charge in [-0.25, -0.2) is 12.8 Å². The Labute approximate surface area is 193 Å². The lowest BCUT2D eigenvalue weighted by Crippen LogP contribution is -2.47. The fraction of sp³-hybridized carbons (Fsp3) is 0.364. The lowest BCUT2D eigenvalue weighted by molar-refractivity contribution is -0.140. The molecule has 0 aliphatic rings. The minimum absolute atomic E-state index is 0.0185. The van der Waals surface area contributed by atoms with Crippen LogP contribution in [0.2, 0.25) is 5.02 Å². The number of carbonyl (C=O) groups excluding carboxylic acids is 2. The van der Waals surface area contributed by atoms with Crippen molar-refractivity contribution in [1.82, 2.24) is 10.2 Å². The number of rotatable bonds is 10. The summed E-state index contributed by atoms with van der Waals surface area (Å²) in [7, 11) is -2.13. The number of carbonyl (C=O) groups is 2. The molecule has 2 rings (SSSR count). The van der Waals surface area contributed by atoms with Gasteiger partial charge < -0.3 is 10.2 Å². The van der Waals surface area contributed by atoms with E-state index in [1.165, 1.54) is 22.3 Å². The molecule has 0 fully saturated rings. The Balaban J connectivity index is 2.14. The van der Waals surface area contributed by atoms with Crippen LogP contribution in [-0.4, -0.2) is 51.0 Å². The number of hydrogen-bond donors (Lipinski definition) is 1. The van der Waals surface area contributed by atoms with Crippen molar-refractivity contribution in [3.63, 3.8) is 0 Å². The molecule has 1 atom stereocenters. The largest absolute Gasteiger partial charge is 0.357 e. The van der Waals surface area contributed by atoms with Crippen LogP contribution in [0.3, 0.4) is 0 Å². The summed E-state index contributed by atoms with van der Waals surface area (Å²) in [6, 6.07) is 11.6. The van der Waals surface area contributed by atoms with Gasteiger partial charge in [0.25, 0.3) is 0 Å². The topological polar surface area (TPSA) is 86.8 Å². The van der Waals surface area contributed by atoms with Gasteiger partial charge >= 0.3 is 0 Å². The predicted molar refractivity (Wildman–Crippen MR) is 123 cm³/mol. The third-order valence-corrected chi connectivity index (χ3v) is 6.43. The van der Waals surface area contributed by atoms with Crippen molar-refractivity contribution in [3.8, 4) is 0 Å². The summed E-state index contributed by atoms with van der Waals surface area (Å²) in [5, 5.41) is 2.97. The molecule has 2 aromatic carbocycles. The Hall–Kier alpha value is -2.65. The van der Waals surface area contributed by atoms with Gasteiger partial charge in [-0.3, -0.25) is 13.9 Å². The maximum absolute atomic E-state index is 14.1. The monoisotopic (exact) mass is 483 g/mol. The third-order valence-electron chi connectivity index (χ3n) is 4.98. The Kier molecular flexibility index (Phi) is 9.03. The van der Waals surface area contributed by atoms with Crippen molar-refractivity contribution < 1.29 is 22.4 Å². The minimum Gasteiger partial charge on any atom is -0.357 e. The molecule has 0 saturated carbocycles. The zero-order chi connectivity index (χ0) is 23.9. The molecular formula is C22H27ClFN3O4S. The van der Waals surface area contributed by atoms with Gasteiger partial charge in [0.15, 0.2) is 0 Å². The van der Waals surface area contributed by atoms with E-state index in [9.17, 15) is 22.4 Å². The van der Waals surface area contributed by atoms with Crippen molar-refractivity contribution in [2.24, 2.45) is 0 Å². The number of anilines is 1. The van der Waals surface area contributed by atoms with Gasteiger partial charge in [0.1, 0.15) is 11.9 Å². The summed E-state index contributed by atoms with van der Waals surface area (Å²) in [4.78, 5) is 26.4. The predicted octanol–water partition coefficient (Wildman–Crippen LogP) is 3.19. The van der Waals surface area contributed by atoms with Crippen molar-refractivity contribution in [1.29, 1.82) is 0 Å². The zero-order valence-corrected chi connectivity index (χ0v) is 19.8. The molecule has 0 bridgehead atoms. The van der Waals surface area contributed by atoms with E-state index in [1.807, 2.05) is 0 Å². The van der Waals surface area contributed by atoms with Crippen LogP contribution in [0.5, 0.6) is 0 Å². The number of sulfonamides is 1. The first-order valence-electron chi connectivity index (χ1n) is 10.0. The highest BCUT2D eigenvalue weighted by molar-refractivity contribution is 7.92. The second-order valence-electron chi connectivity index (χ2n) is 7.32. The summed E-state index contributed by atoms with van der Waals surface area (Å²) in [6.07, 6.45) is 1.28. The van der Waals surface area contributed by atoms with Crippen LogP contribution < -0.4 is 9.62 Å². The van der Waals surface area contributed by atoms with Gasteiger partial charge in [0.2, 0.25) is 21.8 Å². The van der Waals surface area contributed by atoms with Crippen molar-refractivity contribution in [2.45, 2.75) is 32.4 Å². The molecule has 7 nitrogen and oxygen atoms in total. The van der Waals surface area contributed by atoms with Gasteiger partial charge in [-0.2, -0.15) is 0 Å². The summed E-state index contributed by atoms with van der Waals surface area (Å²) >= 11 is 5.88. The maximum Gasteiger partial charge on any atom is 0.242 e. The standard InChI is InChI=1S/C22H27ClFN3O4S/c1-16(22(29)25-2)26(15-17-7-4-5-8-20(17)24)21(28)9-6-14-27(32(3,30)31)19-12-10-18(23)11-13-19/h4-5,7-8,10-13,16H,6,9,14-15H2,1-3H3,(H,25,29)/t16-/m0/s1. The Morgan fingerprint density at radius 3 is 2.31 bits per heavy atom. The van der Waals surface area contributed by atoms with Crippen LogP contribution in [-0.2, 0) is 26.2 Å². The lowest BCUT2D eigenvalue weighted by Gasteiger charge is -2.29. The van der Waals surface area contributed by atoms with Crippen LogP contribution in [0.1, 0.15) is 25.3 Å². The average Bonchev–Trinajstić information content (AvgIpc) is 2.75. The van der Waals surface area contributed by atoms with Crippen LogP contribution in [0.15, 0.2) is 48.5 Å². The van der Waals surface area contributed by atoms with E-state index in [2.05, 4.69) is 5.32 Å². The van der Waals surface area contributed by atoms with Gasteiger partial charge in [-0.05, 0) is 43.7 Å². The van der Waals surface area contributed by atoms with Crippen LogP contribution in [0.4, 0.5) is 10.1 Å². The van der Waals surface area contributed by atoms with E-state index in [-0.39, 0.29) is 43.3 Å². The average molecular weight is 484 g/mol. The minimum atomic E-state index is -3.59. The number of halogens is 2. The number of hydrogen-bond acceptors (Lipinski definition) is 4. The van der Waals surface area contributed by atoms with E-state index in [0.717, 1.165) is 6.26 Å². The molecule has 0 aromatic heterocycles. The van der Waals surface area contributed by atoms with E-state index in [1.54, 1.807) is 49.4 Å². The first kappa shape index (κ1) is 25.6. The fourth-order valence-electron chi connectivity index (χ4n) is 3.21. The Morgan fingerprint density at radius 2 is 1.75 bits per heavy atom. The van der Waals surface area contributed by atoms with Gasteiger partial charge in [0, 0.05) is 37.1 Å². The molecule has 0 radical (unpaired) electrons. The number of nitrogens with zero attached hydrogens (tertiary/aromatic N) is 2. The molecule has 0 spiro atoms. The first-order valence-corrected chi connectivity index (χ1v) is 12.2. The van der Waals surface area contributed by atoms with Crippen LogP contribution in [0, 0.1) is 5.82 Å². The van der Waals surface area contributed by atoms with Crippen LogP contribution >= 0.6 is 11.6 Å². The second-order valence-corrected chi connectivity index (χ2v) is 9.66. The molecule has 0 unspecified atom stereocenters. The maximum atomic E-state index is 14.1. The van der Waals surface area contributed by atoms with E-state index in [0.29, 0.717) is 10.7 Å². The summed E-state index contributed by atoms with van der Waals surface area (Å²) in [5.74, 6) is -1.23. The smallest absolute Gasteiger partial charge is 0.242 e. The van der Waals surface area contributed by atoms with Crippen molar-refractivity contribution in [2.75, 3.05) is 24.2 Å². The lowest BCUT2D eigenvalue weighted by atomic mass is 10.1. The molecule has 0 aliphatic carbocycles. The number of likely N-dealkylation sites (N-methyl/N-ethyl adjacent to an activating group) is 1. The quantitative estimate of drug-likeness (QED) is 0.562.